The van der Waals surface area contributed by atoms with Crippen LogP contribution in [0.25, 0.3) is 0 Å². The number of amides is 1. The van der Waals surface area contributed by atoms with Crippen molar-refractivity contribution in [1.29, 1.82) is 0 Å². The van der Waals surface area contributed by atoms with E-state index in [-0.39, 0.29) is 17.3 Å². The SMILES string of the molecule is COc1cc(C(=O)N[C@H](C)c2ccc(Br)cc2)c(N(C)S(C)(=O)=O)cc1OC. The van der Waals surface area contributed by atoms with E-state index >= 15 is 0 Å². The summed E-state index contributed by atoms with van der Waals surface area (Å²) in [5.41, 5.74) is 1.27. The van der Waals surface area contributed by atoms with Gasteiger partial charge < -0.3 is 14.8 Å². The summed E-state index contributed by atoms with van der Waals surface area (Å²) in [7, 11) is 0.681. The Kier molecular flexibility index (Phi) is 6.95. The minimum Gasteiger partial charge on any atom is -0.493 e. The first-order chi connectivity index (χ1) is 13.1. The molecule has 0 radical (unpaired) electrons. The maximum atomic E-state index is 13.0. The van der Waals surface area contributed by atoms with E-state index in [0.717, 1.165) is 20.6 Å². The van der Waals surface area contributed by atoms with Crippen LogP contribution in [0.5, 0.6) is 11.5 Å². The third-order valence-corrected chi connectivity index (χ3v) is 6.02. The molecule has 0 aliphatic rings. The van der Waals surface area contributed by atoms with Crippen LogP contribution in [-0.4, -0.2) is 41.8 Å². The van der Waals surface area contributed by atoms with E-state index in [0.29, 0.717) is 11.5 Å². The van der Waals surface area contributed by atoms with Gasteiger partial charge in [-0.2, -0.15) is 0 Å². The average Bonchev–Trinajstić information content (AvgIpc) is 2.65. The maximum absolute atomic E-state index is 13.0. The minimum absolute atomic E-state index is 0.162. The van der Waals surface area contributed by atoms with Crippen LogP contribution in [0.15, 0.2) is 40.9 Å². The molecule has 1 amide bonds. The Balaban J connectivity index is 2.46. The van der Waals surface area contributed by atoms with Crippen LogP contribution in [0.1, 0.15) is 28.9 Å². The highest BCUT2D eigenvalue weighted by Gasteiger charge is 2.24. The molecule has 0 fully saturated rings. The third kappa shape index (κ3) is 4.96. The molecule has 0 unspecified atom stereocenters. The lowest BCUT2D eigenvalue weighted by atomic mass is 10.1. The summed E-state index contributed by atoms with van der Waals surface area (Å²) >= 11 is 3.38. The molecule has 0 aliphatic carbocycles. The number of benzene rings is 2. The molecule has 2 rings (SSSR count). The van der Waals surface area contributed by atoms with Crippen molar-refractivity contribution in [2.45, 2.75) is 13.0 Å². The first-order valence-corrected chi connectivity index (χ1v) is 11.0. The van der Waals surface area contributed by atoms with Crippen molar-refractivity contribution < 1.29 is 22.7 Å². The monoisotopic (exact) mass is 470 g/mol. The van der Waals surface area contributed by atoms with Crippen LogP contribution < -0.4 is 19.1 Å². The number of sulfonamides is 1. The molecule has 9 heteroatoms. The van der Waals surface area contributed by atoms with Gasteiger partial charge in [-0.15, -0.1) is 0 Å². The van der Waals surface area contributed by atoms with Crippen molar-refractivity contribution in [2.24, 2.45) is 0 Å². The summed E-state index contributed by atoms with van der Waals surface area (Å²) in [5, 5.41) is 2.90. The highest BCUT2D eigenvalue weighted by atomic mass is 79.9. The Morgan fingerprint density at radius 1 is 1.11 bits per heavy atom. The maximum Gasteiger partial charge on any atom is 0.254 e. The summed E-state index contributed by atoms with van der Waals surface area (Å²) in [6.45, 7) is 1.85. The van der Waals surface area contributed by atoms with Crippen LogP contribution in [0, 0.1) is 0 Å². The average molecular weight is 471 g/mol. The lowest BCUT2D eigenvalue weighted by Gasteiger charge is -2.23. The molecular formula is C19H23BrN2O5S. The van der Waals surface area contributed by atoms with E-state index in [9.17, 15) is 13.2 Å². The molecule has 152 valence electrons. The second kappa shape index (κ2) is 8.83. The number of hydrogen-bond acceptors (Lipinski definition) is 5. The van der Waals surface area contributed by atoms with Gasteiger partial charge in [0, 0.05) is 17.6 Å². The van der Waals surface area contributed by atoms with E-state index in [1.54, 1.807) is 0 Å². The van der Waals surface area contributed by atoms with Crippen molar-refractivity contribution in [3.05, 3.63) is 52.0 Å². The number of carbonyl (C=O) groups excluding carboxylic acids is 1. The van der Waals surface area contributed by atoms with E-state index in [1.165, 1.54) is 33.4 Å². The van der Waals surface area contributed by atoms with Gasteiger partial charge in [-0.3, -0.25) is 9.10 Å². The second-order valence-corrected chi connectivity index (χ2v) is 9.13. The van der Waals surface area contributed by atoms with Gasteiger partial charge in [0.15, 0.2) is 11.5 Å². The van der Waals surface area contributed by atoms with Crippen molar-refractivity contribution in [3.63, 3.8) is 0 Å². The third-order valence-electron chi connectivity index (χ3n) is 4.30. The number of halogens is 1. The second-order valence-electron chi connectivity index (χ2n) is 6.20. The van der Waals surface area contributed by atoms with E-state index in [4.69, 9.17) is 9.47 Å². The number of rotatable bonds is 7. The van der Waals surface area contributed by atoms with E-state index in [2.05, 4.69) is 21.2 Å². The topological polar surface area (TPSA) is 84.9 Å². The summed E-state index contributed by atoms with van der Waals surface area (Å²) < 4.78 is 36.6. The summed E-state index contributed by atoms with van der Waals surface area (Å²) in [6.07, 6.45) is 1.07. The molecule has 2 aromatic rings. The Morgan fingerprint density at radius 3 is 2.14 bits per heavy atom. The smallest absolute Gasteiger partial charge is 0.254 e. The van der Waals surface area contributed by atoms with Gasteiger partial charge in [-0.1, -0.05) is 28.1 Å². The standard InChI is InChI=1S/C19H23BrN2O5S/c1-12(13-6-8-14(20)9-7-13)21-19(23)15-10-17(26-3)18(27-4)11-16(15)22(2)28(5,24)25/h6-12H,1-5H3,(H,21,23)/t12-/m1/s1. The number of anilines is 1. The van der Waals surface area contributed by atoms with Crippen LogP contribution >= 0.6 is 15.9 Å². The number of hydrogen-bond donors (Lipinski definition) is 1. The summed E-state index contributed by atoms with van der Waals surface area (Å²) in [4.78, 5) is 13.0. The molecule has 0 saturated carbocycles. The highest BCUT2D eigenvalue weighted by molar-refractivity contribution is 9.10. The molecule has 28 heavy (non-hydrogen) atoms. The molecule has 0 spiro atoms. The lowest BCUT2D eigenvalue weighted by molar-refractivity contribution is 0.0940. The number of nitrogens with zero attached hydrogens (tertiary/aromatic N) is 1. The zero-order valence-corrected chi connectivity index (χ0v) is 18.7. The molecule has 0 saturated heterocycles. The highest BCUT2D eigenvalue weighted by Crippen LogP contribution is 2.36. The minimum atomic E-state index is -3.59. The fraction of sp³-hybridized carbons (Fsp3) is 0.316. The van der Waals surface area contributed by atoms with Gasteiger partial charge in [0.25, 0.3) is 5.91 Å². The Morgan fingerprint density at radius 2 is 1.64 bits per heavy atom. The van der Waals surface area contributed by atoms with Crippen molar-refractivity contribution in [1.82, 2.24) is 5.32 Å². The first kappa shape index (κ1) is 22.0. The molecule has 1 N–H and O–H groups in total. The number of nitrogens with one attached hydrogen (secondary N) is 1. The number of methoxy groups -OCH3 is 2. The quantitative estimate of drug-likeness (QED) is 0.670. The molecule has 7 nitrogen and oxygen atoms in total. The van der Waals surface area contributed by atoms with Crippen LogP contribution in [-0.2, 0) is 10.0 Å². The van der Waals surface area contributed by atoms with Gasteiger partial charge in [0.2, 0.25) is 10.0 Å². The van der Waals surface area contributed by atoms with Gasteiger partial charge in [0.1, 0.15) is 0 Å². The van der Waals surface area contributed by atoms with Gasteiger partial charge >= 0.3 is 0 Å². The van der Waals surface area contributed by atoms with E-state index in [1.807, 2.05) is 31.2 Å². The molecule has 0 bridgehead atoms. The van der Waals surface area contributed by atoms with Crippen molar-refractivity contribution in [3.8, 4) is 11.5 Å². The van der Waals surface area contributed by atoms with Gasteiger partial charge in [-0.25, -0.2) is 8.42 Å². The first-order valence-electron chi connectivity index (χ1n) is 8.34. The van der Waals surface area contributed by atoms with Gasteiger partial charge in [0.05, 0.1) is 37.8 Å². The summed E-state index contributed by atoms with van der Waals surface area (Å²) in [5.74, 6) is 0.224. The number of ether oxygens (including phenoxy) is 2. The normalized spacial score (nSPS) is 12.2. The fourth-order valence-electron chi connectivity index (χ4n) is 2.60. The Hall–Kier alpha value is -2.26. The summed E-state index contributed by atoms with van der Waals surface area (Å²) in [6, 6.07) is 10.2. The predicted octanol–water partition coefficient (Wildman–Crippen LogP) is 3.35. The number of carbonyl (C=O) groups is 1. The van der Waals surface area contributed by atoms with Crippen LogP contribution in [0.2, 0.25) is 0 Å². The largest absolute Gasteiger partial charge is 0.493 e. The Bertz CT molecular complexity index is 961. The van der Waals surface area contributed by atoms with E-state index < -0.39 is 15.9 Å². The molecular weight excluding hydrogens is 448 g/mol. The van der Waals surface area contributed by atoms with Gasteiger partial charge in [-0.05, 0) is 30.7 Å². The van der Waals surface area contributed by atoms with Crippen molar-refractivity contribution in [2.75, 3.05) is 31.8 Å². The molecule has 0 aliphatic heterocycles. The molecule has 1 atom stereocenters. The molecule has 2 aromatic carbocycles. The van der Waals surface area contributed by atoms with Crippen molar-refractivity contribution >= 4 is 37.5 Å². The molecule has 0 aromatic heterocycles. The predicted molar refractivity (Wildman–Crippen MR) is 113 cm³/mol. The van der Waals surface area contributed by atoms with Crippen LogP contribution in [0.4, 0.5) is 5.69 Å². The van der Waals surface area contributed by atoms with Crippen LogP contribution in [0.3, 0.4) is 0 Å². The zero-order chi connectivity index (χ0) is 21.1. The Labute approximate surface area is 173 Å². The fourth-order valence-corrected chi connectivity index (χ4v) is 3.37. The molecule has 0 heterocycles. The lowest BCUT2D eigenvalue weighted by Crippen LogP contribution is -2.31. The zero-order valence-electron chi connectivity index (χ0n) is 16.3.